The van der Waals surface area contributed by atoms with Gasteiger partial charge in [0.05, 0.1) is 16.9 Å². The Bertz CT molecular complexity index is 1000. The highest BCUT2D eigenvalue weighted by Crippen LogP contribution is 2.37. The van der Waals surface area contributed by atoms with Crippen molar-refractivity contribution >= 4 is 23.9 Å². The van der Waals surface area contributed by atoms with Crippen LogP contribution in [0.3, 0.4) is 0 Å². The van der Waals surface area contributed by atoms with Gasteiger partial charge < -0.3 is 25.1 Å². The van der Waals surface area contributed by atoms with Crippen LogP contribution in [0, 0.1) is 10.8 Å². The van der Waals surface area contributed by atoms with Crippen molar-refractivity contribution in [2.75, 3.05) is 0 Å². The highest BCUT2D eigenvalue weighted by molar-refractivity contribution is 5.82. The maximum Gasteiger partial charge on any atom is 0.321 e. The number of carboxylic acids is 1. The fourth-order valence-corrected chi connectivity index (χ4v) is 3.55. The monoisotopic (exact) mass is 549 g/mol. The number of carbonyl (C=O) groups is 4. The van der Waals surface area contributed by atoms with E-state index in [-0.39, 0.29) is 30.3 Å². The number of esters is 3. The van der Waals surface area contributed by atoms with Crippen molar-refractivity contribution in [1.29, 1.82) is 0 Å². The van der Waals surface area contributed by atoms with Gasteiger partial charge in [-0.05, 0) is 78.0 Å². The SMILES string of the molecule is CCCCCC(=O)OC(C)CC(c1ccc(OC(=O)C(C)(C)CC)c(OC(=O)C(C)(C)CC)c1)[C@H](N)C(=O)O. The van der Waals surface area contributed by atoms with Gasteiger partial charge in [0.25, 0.3) is 0 Å². The van der Waals surface area contributed by atoms with E-state index in [0.29, 0.717) is 18.4 Å². The molecular weight excluding hydrogens is 502 g/mol. The third-order valence-corrected chi connectivity index (χ3v) is 7.30. The quantitative estimate of drug-likeness (QED) is 0.149. The third kappa shape index (κ3) is 10.3. The average Bonchev–Trinajstić information content (AvgIpc) is 2.87. The number of unbranched alkanes of at least 4 members (excludes halogenated alkanes) is 2. The molecule has 0 aliphatic carbocycles. The number of ether oxygens (including phenoxy) is 3. The van der Waals surface area contributed by atoms with Gasteiger partial charge in [-0.1, -0.05) is 39.7 Å². The first-order chi connectivity index (χ1) is 18.1. The van der Waals surface area contributed by atoms with E-state index in [1.807, 2.05) is 20.8 Å². The molecule has 9 nitrogen and oxygen atoms in total. The lowest BCUT2D eigenvalue weighted by atomic mass is 9.86. The van der Waals surface area contributed by atoms with Crippen molar-refractivity contribution in [2.24, 2.45) is 16.6 Å². The highest BCUT2D eigenvalue weighted by atomic mass is 16.6. The van der Waals surface area contributed by atoms with Crippen LogP contribution in [0.2, 0.25) is 0 Å². The Morgan fingerprint density at radius 1 is 0.897 bits per heavy atom. The summed E-state index contributed by atoms with van der Waals surface area (Å²) in [7, 11) is 0. The molecule has 0 bridgehead atoms. The van der Waals surface area contributed by atoms with Crippen molar-refractivity contribution in [3.63, 3.8) is 0 Å². The van der Waals surface area contributed by atoms with Crippen molar-refractivity contribution in [3.8, 4) is 11.5 Å². The summed E-state index contributed by atoms with van der Waals surface area (Å²) in [6.07, 6.45) is 3.46. The Balaban J connectivity index is 3.41. The van der Waals surface area contributed by atoms with Crippen LogP contribution in [0.1, 0.15) is 112 Å². The summed E-state index contributed by atoms with van der Waals surface area (Å²) in [6, 6.07) is 3.22. The number of hydrogen-bond acceptors (Lipinski definition) is 8. The number of carbonyl (C=O) groups excluding carboxylic acids is 3. The fourth-order valence-electron chi connectivity index (χ4n) is 3.55. The molecule has 0 amide bonds. The number of aliphatic carboxylic acids is 1. The van der Waals surface area contributed by atoms with Gasteiger partial charge in [-0.25, -0.2) is 0 Å². The van der Waals surface area contributed by atoms with Gasteiger partial charge in [0.15, 0.2) is 11.5 Å². The molecule has 1 rings (SSSR count). The molecule has 1 aromatic rings. The van der Waals surface area contributed by atoms with E-state index < -0.39 is 46.8 Å². The van der Waals surface area contributed by atoms with E-state index in [4.69, 9.17) is 19.9 Å². The predicted octanol–water partition coefficient (Wildman–Crippen LogP) is 5.77. The predicted molar refractivity (Wildman–Crippen MR) is 149 cm³/mol. The zero-order valence-electron chi connectivity index (χ0n) is 24.8. The van der Waals surface area contributed by atoms with Crippen LogP contribution in [0.5, 0.6) is 11.5 Å². The summed E-state index contributed by atoms with van der Waals surface area (Å²) in [5, 5.41) is 9.71. The van der Waals surface area contributed by atoms with Gasteiger partial charge in [-0.3, -0.25) is 19.2 Å². The zero-order chi connectivity index (χ0) is 30.0. The normalized spacial score (nSPS) is 14.2. The number of hydrogen-bond donors (Lipinski definition) is 2. The largest absolute Gasteiger partial charge is 0.480 e. The van der Waals surface area contributed by atoms with E-state index in [2.05, 4.69) is 0 Å². The van der Waals surface area contributed by atoms with Crippen molar-refractivity contribution in [1.82, 2.24) is 0 Å². The van der Waals surface area contributed by atoms with E-state index in [0.717, 1.165) is 19.3 Å². The summed E-state index contributed by atoms with van der Waals surface area (Å²) in [5.41, 5.74) is 4.94. The highest BCUT2D eigenvalue weighted by Gasteiger charge is 2.33. The first-order valence-corrected chi connectivity index (χ1v) is 13.9. The Kier molecular flexibility index (Phi) is 13.1. The molecule has 39 heavy (non-hydrogen) atoms. The lowest BCUT2D eigenvalue weighted by Crippen LogP contribution is -2.38. The molecule has 3 N–H and O–H groups in total. The number of rotatable bonds is 16. The van der Waals surface area contributed by atoms with Gasteiger partial charge in [-0.2, -0.15) is 0 Å². The van der Waals surface area contributed by atoms with Crippen LogP contribution in [0.4, 0.5) is 0 Å². The van der Waals surface area contributed by atoms with Gasteiger partial charge in [-0.15, -0.1) is 0 Å². The molecule has 9 heteroatoms. The minimum atomic E-state index is -1.32. The summed E-state index contributed by atoms with van der Waals surface area (Å²) in [6.45, 7) is 14.4. The molecule has 0 saturated heterocycles. The Labute approximate surface area is 232 Å². The van der Waals surface area contributed by atoms with Gasteiger partial charge in [0, 0.05) is 12.3 Å². The van der Waals surface area contributed by atoms with Gasteiger partial charge >= 0.3 is 23.9 Å². The lowest BCUT2D eigenvalue weighted by molar-refractivity contribution is -0.149. The standard InChI is InChI=1S/C30H47NO8/c1-9-12-13-14-24(32)37-19(4)17-21(25(31)26(33)34)20-15-16-22(38-27(35)29(5,6)10-2)23(18-20)39-28(36)30(7,8)11-3/h15-16,18-19,21,25H,9-14,17,31H2,1-8H3,(H,33,34)/t19?,21?,25-/m0/s1. The lowest BCUT2D eigenvalue weighted by Gasteiger charge is -2.27. The van der Waals surface area contributed by atoms with Gasteiger partial charge in [0.1, 0.15) is 6.04 Å². The first-order valence-electron chi connectivity index (χ1n) is 13.9. The number of carboxylic acid groups (broad SMARTS) is 1. The summed E-state index contributed by atoms with van der Waals surface area (Å²) in [4.78, 5) is 49.9. The molecule has 0 aliphatic heterocycles. The first kappa shape index (κ1) is 34.1. The van der Waals surface area contributed by atoms with E-state index in [9.17, 15) is 24.3 Å². The molecule has 0 saturated carbocycles. The molecule has 0 aromatic heterocycles. The van der Waals surface area contributed by atoms with Crippen LogP contribution in [0.25, 0.3) is 0 Å². The molecule has 0 fully saturated rings. The molecule has 1 aromatic carbocycles. The van der Waals surface area contributed by atoms with Crippen molar-refractivity contribution < 1.29 is 38.5 Å². The second-order valence-electron chi connectivity index (χ2n) is 11.4. The van der Waals surface area contributed by atoms with Crippen LogP contribution in [-0.4, -0.2) is 41.1 Å². The fraction of sp³-hybridized carbons (Fsp3) is 0.667. The molecule has 0 spiro atoms. The molecular formula is C30H47NO8. The minimum absolute atomic E-state index is 0.00826. The Morgan fingerprint density at radius 2 is 1.44 bits per heavy atom. The topological polar surface area (TPSA) is 142 Å². The summed E-state index contributed by atoms with van der Waals surface area (Å²) < 4.78 is 16.9. The van der Waals surface area contributed by atoms with E-state index in [1.165, 1.54) is 12.1 Å². The molecule has 0 aliphatic rings. The molecule has 0 heterocycles. The molecule has 2 unspecified atom stereocenters. The maximum absolute atomic E-state index is 12.9. The second kappa shape index (κ2) is 15.0. The summed E-state index contributed by atoms with van der Waals surface area (Å²) >= 11 is 0. The van der Waals surface area contributed by atoms with Crippen molar-refractivity contribution in [3.05, 3.63) is 23.8 Å². The van der Waals surface area contributed by atoms with E-state index >= 15 is 0 Å². The van der Waals surface area contributed by atoms with Gasteiger partial charge in [0.2, 0.25) is 0 Å². The second-order valence-corrected chi connectivity index (χ2v) is 11.4. The van der Waals surface area contributed by atoms with Crippen LogP contribution in [-0.2, 0) is 23.9 Å². The minimum Gasteiger partial charge on any atom is -0.480 e. The van der Waals surface area contributed by atoms with E-state index in [1.54, 1.807) is 40.7 Å². The zero-order valence-corrected chi connectivity index (χ0v) is 24.8. The maximum atomic E-state index is 12.9. The molecule has 220 valence electrons. The Hall–Kier alpha value is -2.94. The molecule has 0 radical (unpaired) electrons. The molecule has 3 atom stereocenters. The average molecular weight is 550 g/mol. The van der Waals surface area contributed by atoms with Crippen LogP contribution in [0.15, 0.2) is 18.2 Å². The van der Waals surface area contributed by atoms with Crippen molar-refractivity contribution in [2.45, 2.75) is 118 Å². The Morgan fingerprint density at radius 3 is 1.92 bits per heavy atom. The third-order valence-electron chi connectivity index (χ3n) is 7.30. The van der Waals surface area contributed by atoms with Crippen LogP contribution < -0.4 is 15.2 Å². The summed E-state index contributed by atoms with van der Waals surface area (Å²) in [5.74, 6) is -3.35. The number of benzene rings is 1. The number of nitrogens with two attached hydrogens (primary N) is 1. The van der Waals surface area contributed by atoms with Crippen LogP contribution >= 0.6 is 0 Å². The smallest absolute Gasteiger partial charge is 0.321 e.